The van der Waals surface area contributed by atoms with Crippen molar-refractivity contribution in [3.63, 3.8) is 0 Å². The third-order valence-electron chi connectivity index (χ3n) is 3.73. The summed E-state index contributed by atoms with van der Waals surface area (Å²) in [6.07, 6.45) is 0.905. The maximum atomic E-state index is 13.6. The minimum Gasteiger partial charge on any atom is -0.454 e. The molecule has 0 aliphatic carbocycles. The maximum Gasteiger partial charge on any atom is 0.232 e. The van der Waals surface area contributed by atoms with Gasteiger partial charge in [0.15, 0.2) is 11.5 Å². The molecule has 0 saturated carbocycles. The van der Waals surface area contributed by atoms with Crippen LogP contribution in [0.5, 0.6) is 11.5 Å². The monoisotopic (exact) mass is 380 g/mol. The van der Waals surface area contributed by atoms with E-state index in [0.29, 0.717) is 17.2 Å². The van der Waals surface area contributed by atoms with Gasteiger partial charge in [-0.2, -0.15) is 0 Å². The highest BCUT2D eigenvalue weighted by molar-refractivity contribution is 7.92. The molecule has 0 aromatic heterocycles. The number of amides is 1. The number of sulfonamides is 1. The zero-order chi connectivity index (χ0) is 18.7. The lowest BCUT2D eigenvalue weighted by Crippen LogP contribution is -2.33. The van der Waals surface area contributed by atoms with Crippen LogP contribution in [-0.2, 0) is 14.8 Å². The number of carbonyl (C=O) groups is 1. The van der Waals surface area contributed by atoms with Gasteiger partial charge in [0, 0.05) is 19.0 Å². The molecule has 9 heteroatoms. The Balaban J connectivity index is 1.72. The highest BCUT2D eigenvalue weighted by Crippen LogP contribution is 2.36. The number of nitrogens with zero attached hydrogens (tertiary/aromatic N) is 1. The van der Waals surface area contributed by atoms with Crippen molar-refractivity contribution in [1.29, 1.82) is 0 Å². The van der Waals surface area contributed by atoms with E-state index in [-0.39, 0.29) is 25.4 Å². The van der Waals surface area contributed by atoms with Gasteiger partial charge in [0.25, 0.3) is 0 Å². The number of rotatable bonds is 6. The summed E-state index contributed by atoms with van der Waals surface area (Å²) in [6, 6.07) is 10.5. The Morgan fingerprint density at radius 1 is 1.19 bits per heavy atom. The Labute approximate surface area is 150 Å². The molecule has 0 spiro atoms. The van der Waals surface area contributed by atoms with E-state index in [1.807, 2.05) is 0 Å². The Morgan fingerprint density at radius 2 is 1.92 bits per heavy atom. The topological polar surface area (TPSA) is 84.9 Å². The number of nitrogens with one attached hydrogen (secondary N) is 1. The highest BCUT2D eigenvalue weighted by Gasteiger charge is 2.22. The molecule has 0 saturated heterocycles. The number of para-hydroxylation sites is 1. The van der Waals surface area contributed by atoms with Gasteiger partial charge in [-0.25, -0.2) is 12.8 Å². The fraction of sp³-hybridized carbons (Fsp3) is 0.235. The van der Waals surface area contributed by atoms with Crippen molar-refractivity contribution in [2.45, 2.75) is 6.42 Å². The van der Waals surface area contributed by atoms with Gasteiger partial charge in [0.1, 0.15) is 5.82 Å². The molecule has 0 fully saturated rings. The first-order valence-electron chi connectivity index (χ1n) is 7.76. The van der Waals surface area contributed by atoms with Crippen molar-refractivity contribution in [3.8, 4) is 11.5 Å². The second-order valence-electron chi connectivity index (χ2n) is 5.65. The largest absolute Gasteiger partial charge is 0.454 e. The van der Waals surface area contributed by atoms with Gasteiger partial charge in [0.05, 0.1) is 17.6 Å². The number of halogens is 1. The van der Waals surface area contributed by atoms with Gasteiger partial charge < -0.3 is 14.8 Å². The summed E-state index contributed by atoms with van der Waals surface area (Å²) in [4.78, 5) is 12.1. The standard InChI is InChI=1S/C17H17FN2O5S/c1-26(22,23)20(12-6-7-15-16(10-12)25-11-24-15)9-8-17(21)19-14-5-3-2-4-13(14)18/h2-7,10H,8-9,11H2,1H3,(H,19,21). The van der Waals surface area contributed by atoms with E-state index in [4.69, 9.17) is 9.47 Å². The van der Waals surface area contributed by atoms with Crippen LogP contribution in [0.3, 0.4) is 0 Å². The molecule has 1 N–H and O–H groups in total. The smallest absolute Gasteiger partial charge is 0.232 e. The van der Waals surface area contributed by atoms with E-state index in [1.165, 1.54) is 24.3 Å². The van der Waals surface area contributed by atoms with Crippen molar-refractivity contribution in [3.05, 3.63) is 48.3 Å². The summed E-state index contributed by atoms with van der Waals surface area (Å²) in [6.45, 7) is -0.0263. The minimum atomic E-state index is -3.63. The minimum absolute atomic E-state index is 0.0477. The maximum absolute atomic E-state index is 13.6. The number of hydrogen-bond acceptors (Lipinski definition) is 5. The van der Waals surface area contributed by atoms with E-state index in [2.05, 4.69) is 5.32 Å². The molecular formula is C17H17FN2O5S. The molecule has 1 heterocycles. The average Bonchev–Trinajstić information content (AvgIpc) is 3.03. The molecule has 0 unspecified atom stereocenters. The SMILES string of the molecule is CS(=O)(=O)N(CCC(=O)Nc1ccccc1F)c1ccc2c(c1)OCO2. The number of fused-ring (bicyclic) bond motifs is 1. The second-order valence-corrected chi connectivity index (χ2v) is 7.56. The van der Waals surface area contributed by atoms with Crippen LogP contribution in [0.15, 0.2) is 42.5 Å². The van der Waals surface area contributed by atoms with E-state index in [9.17, 15) is 17.6 Å². The number of ether oxygens (including phenoxy) is 2. The van der Waals surface area contributed by atoms with Gasteiger partial charge in [0.2, 0.25) is 22.7 Å². The van der Waals surface area contributed by atoms with Gasteiger partial charge >= 0.3 is 0 Å². The van der Waals surface area contributed by atoms with Crippen molar-refractivity contribution in [2.75, 3.05) is 29.2 Å². The molecule has 0 bridgehead atoms. The molecule has 138 valence electrons. The van der Waals surface area contributed by atoms with E-state index >= 15 is 0 Å². The van der Waals surface area contributed by atoms with E-state index < -0.39 is 21.7 Å². The molecule has 26 heavy (non-hydrogen) atoms. The van der Waals surface area contributed by atoms with Crippen LogP contribution in [0, 0.1) is 5.82 Å². The lowest BCUT2D eigenvalue weighted by atomic mass is 10.2. The van der Waals surface area contributed by atoms with Crippen LogP contribution in [0.2, 0.25) is 0 Å². The molecule has 3 rings (SSSR count). The van der Waals surface area contributed by atoms with Crippen molar-refractivity contribution < 1.29 is 27.1 Å². The lowest BCUT2D eigenvalue weighted by Gasteiger charge is -2.22. The van der Waals surface area contributed by atoms with Crippen LogP contribution < -0.4 is 19.1 Å². The molecule has 2 aromatic rings. The van der Waals surface area contributed by atoms with Crippen LogP contribution in [0.25, 0.3) is 0 Å². The number of benzene rings is 2. The Morgan fingerprint density at radius 3 is 2.65 bits per heavy atom. The fourth-order valence-corrected chi connectivity index (χ4v) is 3.42. The molecule has 0 atom stereocenters. The summed E-state index contributed by atoms with van der Waals surface area (Å²) >= 11 is 0. The number of hydrogen-bond donors (Lipinski definition) is 1. The Bertz CT molecular complexity index is 933. The van der Waals surface area contributed by atoms with Crippen molar-refractivity contribution in [2.24, 2.45) is 0 Å². The van der Waals surface area contributed by atoms with E-state index in [1.54, 1.807) is 18.2 Å². The number of anilines is 2. The highest BCUT2D eigenvalue weighted by atomic mass is 32.2. The zero-order valence-electron chi connectivity index (χ0n) is 13.9. The Kier molecular flexibility index (Phi) is 4.99. The normalized spacial score (nSPS) is 12.7. The second kappa shape index (κ2) is 7.20. The van der Waals surface area contributed by atoms with Gasteiger partial charge in [-0.15, -0.1) is 0 Å². The van der Waals surface area contributed by atoms with Crippen LogP contribution in [0.1, 0.15) is 6.42 Å². The zero-order valence-corrected chi connectivity index (χ0v) is 14.8. The molecule has 7 nitrogen and oxygen atoms in total. The first-order valence-corrected chi connectivity index (χ1v) is 9.61. The van der Waals surface area contributed by atoms with Gasteiger partial charge in [-0.05, 0) is 24.3 Å². The third-order valence-corrected chi connectivity index (χ3v) is 4.93. The van der Waals surface area contributed by atoms with Crippen LogP contribution >= 0.6 is 0 Å². The van der Waals surface area contributed by atoms with Crippen molar-refractivity contribution >= 4 is 27.3 Å². The summed E-state index contributed by atoms with van der Waals surface area (Å²) in [5, 5.41) is 2.43. The quantitative estimate of drug-likeness (QED) is 0.832. The number of carbonyl (C=O) groups excluding carboxylic acids is 1. The first-order chi connectivity index (χ1) is 12.3. The predicted octanol–water partition coefficient (Wildman–Crippen LogP) is 2.35. The molecule has 1 amide bonds. The molecule has 2 aromatic carbocycles. The molecule has 1 aliphatic heterocycles. The van der Waals surface area contributed by atoms with Crippen molar-refractivity contribution in [1.82, 2.24) is 0 Å². The predicted molar refractivity (Wildman–Crippen MR) is 94.4 cm³/mol. The Hall–Kier alpha value is -2.81. The van der Waals surface area contributed by atoms with Crippen LogP contribution in [0.4, 0.5) is 15.8 Å². The third kappa shape index (κ3) is 4.05. The summed E-state index contributed by atoms with van der Waals surface area (Å²) in [5.41, 5.74) is 0.405. The van der Waals surface area contributed by atoms with Crippen LogP contribution in [-0.4, -0.2) is 33.9 Å². The average molecular weight is 380 g/mol. The lowest BCUT2D eigenvalue weighted by molar-refractivity contribution is -0.116. The van der Waals surface area contributed by atoms with E-state index in [0.717, 1.165) is 10.6 Å². The first kappa shape index (κ1) is 18.0. The van der Waals surface area contributed by atoms with Gasteiger partial charge in [-0.1, -0.05) is 12.1 Å². The summed E-state index contributed by atoms with van der Waals surface area (Å²) in [5.74, 6) is -0.0902. The molecular weight excluding hydrogens is 363 g/mol. The molecule has 0 radical (unpaired) electrons. The molecule has 1 aliphatic rings. The fourth-order valence-electron chi connectivity index (χ4n) is 2.51. The summed E-state index contributed by atoms with van der Waals surface area (Å²) < 4.78 is 49.4. The van der Waals surface area contributed by atoms with Gasteiger partial charge in [-0.3, -0.25) is 9.10 Å². The summed E-state index contributed by atoms with van der Waals surface area (Å²) in [7, 11) is -3.63.